The number of rotatable bonds is 4. The van der Waals surface area contributed by atoms with Crippen molar-refractivity contribution in [3.8, 4) is 5.75 Å². The molecule has 1 unspecified atom stereocenters. The summed E-state index contributed by atoms with van der Waals surface area (Å²) in [5.41, 5.74) is 0.966. The van der Waals surface area contributed by atoms with E-state index >= 15 is 0 Å². The van der Waals surface area contributed by atoms with Gasteiger partial charge in [-0.25, -0.2) is 4.39 Å². The Balaban J connectivity index is 1.68. The number of benzene rings is 2. The van der Waals surface area contributed by atoms with Gasteiger partial charge in [0.1, 0.15) is 11.6 Å². The van der Waals surface area contributed by atoms with E-state index in [1.54, 1.807) is 20.1 Å². The maximum atomic E-state index is 14.0. The van der Waals surface area contributed by atoms with Crippen LogP contribution in [0.4, 0.5) is 4.39 Å². The van der Waals surface area contributed by atoms with E-state index in [0.29, 0.717) is 25.4 Å². The summed E-state index contributed by atoms with van der Waals surface area (Å²) < 4.78 is 19.6. The third kappa shape index (κ3) is 3.91. The number of piperazine rings is 1. The molecule has 1 saturated heterocycles. The van der Waals surface area contributed by atoms with E-state index in [0.717, 1.165) is 36.8 Å². The maximum absolute atomic E-state index is 14.0. The van der Waals surface area contributed by atoms with Gasteiger partial charge in [0, 0.05) is 32.1 Å². The monoisotopic (exact) mass is 424 g/mol. The third-order valence-corrected chi connectivity index (χ3v) is 6.81. The molecule has 31 heavy (non-hydrogen) atoms. The zero-order valence-corrected chi connectivity index (χ0v) is 18.1. The first-order chi connectivity index (χ1) is 15.0. The average molecular weight is 425 g/mol. The molecule has 0 aromatic heterocycles. The van der Waals surface area contributed by atoms with Crippen LogP contribution in [0.15, 0.2) is 48.5 Å². The maximum Gasteiger partial charge on any atom is 0.233 e. The fourth-order valence-electron chi connectivity index (χ4n) is 5.25. The fraction of sp³-hybridized carbons (Fsp3) is 0.440. The first-order valence-electron chi connectivity index (χ1n) is 10.9. The number of para-hydroxylation sites is 1. The Labute approximate surface area is 182 Å². The van der Waals surface area contributed by atoms with Crippen LogP contribution in [0.1, 0.15) is 49.8 Å². The SMILES string of the molecule is COc1ccccc1C1CN(C(=O)C2(c3cccc(F)c3)CCCC2)CCN1C(C)=O. The molecule has 164 valence electrons. The molecule has 1 saturated carbocycles. The van der Waals surface area contributed by atoms with Gasteiger partial charge in [0.2, 0.25) is 11.8 Å². The van der Waals surface area contributed by atoms with Crippen molar-refractivity contribution in [2.24, 2.45) is 0 Å². The highest BCUT2D eigenvalue weighted by Gasteiger charge is 2.47. The normalized spacial score (nSPS) is 20.5. The minimum Gasteiger partial charge on any atom is -0.496 e. The van der Waals surface area contributed by atoms with E-state index in [-0.39, 0.29) is 23.7 Å². The van der Waals surface area contributed by atoms with Crippen LogP contribution in [0.25, 0.3) is 0 Å². The second-order valence-electron chi connectivity index (χ2n) is 8.52. The van der Waals surface area contributed by atoms with Crippen molar-refractivity contribution in [1.29, 1.82) is 0 Å². The fourth-order valence-corrected chi connectivity index (χ4v) is 5.25. The molecule has 1 heterocycles. The van der Waals surface area contributed by atoms with Crippen molar-refractivity contribution >= 4 is 11.8 Å². The molecule has 1 atom stereocenters. The lowest BCUT2D eigenvalue weighted by Crippen LogP contribution is -2.56. The minimum absolute atomic E-state index is 0.0243. The van der Waals surface area contributed by atoms with Crippen LogP contribution in [0.2, 0.25) is 0 Å². The van der Waals surface area contributed by atoms with Crippen molar-refractivity contribution in [3.05, 3.63) is 65.5 Å². The second-order valence-corrected chi connectivity index (χ2v) is 8.52. The summed E-state index contributed by atoms with van der Waals surface area (Å²) in [5.74, 6) is 0.404. The Bertz CT molecular complexity index is 971. The van der Waals surface area contributed by atoms with Crippen LogP contribution in [-0.2, 0) is 15.0 Å². The van der Waals surface area contributed by atoms with Gasteiger partial charge in [-0.15, -0.1) is 0 Å². The molecule has 1 aliphatic carbocycles. The lowest BCUT2D eigenvalue weighted by Gasteiger charge is -2.44. The molecule has 0 N–H and O–H groups in total. The van der Waals surface area contributed by atoms with Gasteiger partial charge in [-0.05, 0) is 36.6 Å². The predicted molar refractivity (Wildman–Crippen MR) is 116 cm³/mol. The average Bonchev–Trinajstić information content (AvgIpc) is 3.29. The molecule has 2 amide bonds. The van der Waals surface area contributed by atoms with Gasteiger partial charge >= 0.3 is 0 Å². The van der Waals surface area contributed by atoms with Gasteiger partial charge in [0.25, 0.3) is 0 Å². The molecule has 1 aliphatic heterocycles. The standard InChI is InChI=1S/C25H29FN2O3/c1-18(29)28-15-14-27(17-22(28)21-10-3-4-11-23(21)31-2)24(30)25(12-5-6-13-25)19-8-7-9-20(26)16-19/h3-4,7-11,16,22H,5-6,12-15,17H2,1-2H3. The zero-order chi connectivity index (χ0) is 22.0. The van der Waals surface area contributed by atoms with Crippen LogP contribution in [0.5, 0.6) is 5.75 Å². The Morgan fingerprint density at radius 1 is 1.06 bits per heavy atom. The van der Waals surface area contributed by atoms with Crippen molar-refractivity contribution < 1.29 is 18.7 Å². The molecule has 2 aromatic rings. The zero-order valence-electron chi connectivity index (χ0n) is 18.1. The van der Waals surface area contributed by atoms with Crippen LogP contribution in [-0.4, -0.2) is 48.4 Å². The van der Waals surface area contributed by atoms with E-state index in [9.17, 15) is 14.0 Å². The summed E-state index contributed by atoms with van der Waals surface area (Å²) >= 11 is 0. The number of carbonyl (C=O) groups is 2. The quantitative estimate of drug-likeness (QED) is 0.743. The van der Waals surface area contributed by atoms with Crippen molar-refractivity contribution in [3.63, 3.8) is 0 Å². The Kier molecular flexibility index (Phi) is 5.99. The van der Waals surface area contributed by atoms with Gasteiger partial charge in [0.15, 0.2) is 0 Å². The molecule has 2 aromatic carbocycles. The molecule has 6 heteroatoms. The topological polar surface area (TPSA) is 49.9 Å². The molecule has 0 bridgehead atoms. The number of nitrogens with zero attached hydrogens (tertiary/aromatic N) is 2. The van der Waals surface area contributed by atoms with Gasteiger partial charge in [-0.2, -0.15) is 0 Å². The Morgan fingerprint density at radius 3 is 2.48 bits per heavy atom. The van der Waals surface area contributed by atoms with E-state index < -0.39 is 5.41 Å². The Morgan fingerprint density at radius 2 is 1.81 bits per heavy atom. The molecule has 0 radical (unpaired) electrons. The molecule has 2 fully saturated rings. The highest BCUT2D eigenvalue weighted by atomic mass is 19.1. The number of ether oxygens (including phenoxy) is 1. The smallest absolute Gasteiger partial charge is 0.233 e. The third-order valence-electron chi connectivity index (χ3n) is 6.81. The summed E-state index contributed by atoms with van der Waals surface area (Å²) in [6.07, 6.45) is 3.35. The number of carbonyl (C=O) groups excluding carboxylic acids is 2. The number of hydrogen-bond donors (Lipinski definition) is 0. The first-order valence-corrected chi connectivity index (χ1v) is 10.9. The highest BCUT2D eigenvalue weighted by Crippen LogP contribution is 2.44. The number of amides is 2. The summed E-state index contributed by atoms with van der Waals surface area (Å²) in [7, 11) is 1.61. The van der Waals surface area contributed by atoms with E-state index in [4.69, 9.17) is 4.74 Å². The largest absolute Gasteiger partial charge is 0.496 e. The van der Waals surface area contributed by atoms with Crippen LogP contribution in [0, 0.1) is 5.82 Å². The lowest BCUT2D eigenvalue weighted by atomic mass is 9.77. The van der Waals surface area contributed by atoms with Crippen molar-refractivity contribution in [2.45, 2.75) is 44.1 Å². The van der Waals surface area contributed by atoms with Gasteiger partial charge in [-0.1, -0.05) is 43.2 Å². The molecular formula is C25H29FN2O3. The summed E-state index contributed by atoms with van der Waals surface area (Å²) in [6.45, 7) is 2.89. The summed E-state index contributed by atoms with van der Waals surface area (Å²) in [4.78, 5) is 30.0. The molecular weight excluding hydrogens is 395 g/mol. The Hall–Kier alpha value is -2.89. The van der Waals surface area contributed by atoms with Gasteiger partial charge < -0.3 is 14.5 Å². The summed E-state index contributed by atoms with van der Waals surface area (Å²) in [6, 6.07) is 13.8. The minimum atomic E-state index is -0.689. The molecule has 5 nitrogen and oxygen atoms in total. The number of hydrogen-bond acceptors (Lipinski definition) is 3. The van der Waals surface area contributed by atoms with Crippen molar-refractivity contribution in [2.75, 3.05) is 26.7 Å². The second kappa shape index (κ2) is 8.69. The highest BCUT2D eigenvalue weighted by molar-refractivity contribution is 5.89. The number of methoxy groups -OCH3 is 1. The van der Waals surface area contributed by atoms with Crippen LogP contribution < -0.4 is 4.74 Å². The first kappa shape index (κ1) is 21.3. The van der Waals surface area contributed by atoms with Gasteiger partial charge in [0.05, 0.1) is 18.6 Å². The molecule has 4 rings (SSSR count). The molecule has 0 spiro atoms. The van der Waals surface area contributed by atoms with Crippen LogP contribution >= 0.6 is 0 Å². The van der Waals surface area contributed by atoms with E-state index in [2.05, 4.69) is 0 Å². The summed E-state index contributed by atoms with van der Waals surface area (Å²) in [5, 5.41) is 0. The van der Waals surface area contributed by atoms with E-state index in [1.807, 2.05) is 40.1 Å². The van der Waals surface area contributed by atoms with Crippen molar-refractivity contribution in [1.82, 2.24) is 9.80 Å². The lowest BCUT2D eigenvalue weighted by molar-refractivity contribution is -0.145. The van der Waals surface area contributed by atoms with Crippen LogP contribution in [0.3, 0.4) is 0 Å². The molecule has 2 aliphatic rings. The number of halogens is 1. The predicted octanol–water partition coefficient (Wildman–Crippen LogP) is 4.08. The van der Waals surface area contributed by atoms with Gasteiger partial charge in [-0.3, -0.25) is 9.59 Å². The van der Waals surface area contributed by atoms with E-state index in [1.165, 1.54) is 12.1 Å².